The molecule has 1 N–H and O–H groups in total. The number of pyridine rings is 1. The molecule has 0 radical (unpaired) electrons. The highest BCUT2D eigenvalue weighted by atomic mass is 32.2. The largest absolute Gasteiger partial charge is 0.314 e. The SMILES string of the molecule is O=S(=O)(c1ccccc1)n1cc(CN(CCCNC2CCCCC2)Cc2ccncc2)c2ccccc21. The normalized spacial score (nSPS) is 14.9. The third-order valence-corrected chi connectivity index (χ3v) is 8.99. The van der Waals surface area contributed by atoms with Crippen LogP contribution in [-0.2, 0) is 23.1 Å². The molecule has 194 valence electrons. The molecule has 37 heavy (non-hydrogen) atoms. The van der Waals surface area contributed by atoms with Gasteiger partial charge in [0.25, 0.3) is 10.0 Å². The Morgan fingerprint density at radius 2 is 1.62 bits per heavy atom. The zero-order valence-electron chi connectivity index (χ0n) is 21.3. The summed E-state index contributed by atoms with van der Waals surface area (Å²) in [6.45, 7) is 3.38. The summed E-state index contributed by atoms with van der Waals surface area (Å²) in [6.07, 6.45) is 13.1. The Morgan fingerprint density at radius 3 is 2.41 bits per heavy atom. The fraction of sp³-hybridized carbons (Fsp3) is 0.367. The summed E-state index contributed by atoms with van der Waals surface area (Å²) in [6, 6.07) is 21.2. The number of nitrogens with one attached hydrogen (secondary N) is 1. The molecule has 1 saturated carbocycles. The van der Waals surface area contributed by atoms with Crippen molar-refractivity contribution in [2.75, 3.05) is 13.1 Å². The molecule has 1 aliphatic rings. The molecule has 2 aromatic heterocycles. The number of fused-ring (bicyclic) bond motifs is 1. The second kappa shape index (κ2) is 12.0. The van der Waals surface area contributed by atoms with Gasteiger partial charge in [-0.15, -0.1) is 0 Å². The maximum atomic E-state index is 13.5. The van der Waals surface area contributed by atoms with Crippen LogP contribution in [0.15, 0.2) is 90.2 Å². The van der Waals surface area contributed by atoms with Crippen LogP contribution in [0.3, 0.4) is 0 Å². The average Bonchev–Trinajstić information content (AvgIpc) is 3.32. The molecule has 0 unspecified atom stereocenters. The second-order valence-electron chi connectivity index (χ2n) is 9.99. The van der Waals surface area contributed by atoms with Gasteiger partial charge in [-0.25, -0.2) is 12.4 Å². The first-order valence-corrected chi connectivity index (χ1v) is 14.8. The molecule has 2 heterocycles. The van der Waals surface area contributed by atoms with E-state index in [0.717, 1.165) is 37.0 Å². The van der Waals surface area contributed by atoms with E-state index < -0.39 is 10.0 Å². The van der Waals surface area contributed by atoms with Crippen molar-refractivity contribution in [1.82, 2.24) is 19.2 Å². The van der Waals surface area contributed by atoms with Gasteiger partial charge in [0.1, 0.15) is 0 Å². The average molecular weight is 517 g/mol. The summed E-state index contributed by atoms with van der Waals surface area (Å²) in [5.41, 5.74) is 2.93. The lowest BCUT2D eigenvalue weighted by Gasteiger charge is -2.25. The standard InChI is InChI=1S/C30H36N4O2S/c35-37(36,28-12-5-2-6-13-28)34-24-26(29-14-7-8-15-30(29)34)23-33(22-25-16-19-31-20-17-25)21-9-18-32-27-10-3-1-4-11-27/h2,5-8,12-17,19-20,24,27,32H,1,3-4,9-11,18,21-23H2. The summed E-state index contributed by atoms with van der Waals surface area (Å²) < 4.78 is 28.5. The van der Waals surface area contributed by atoms with Crippen molar-refractivity contribution in [3.05, 3.63) is 96.4 Å². The van der Waals surface area contributed by atoms with Crippen molar-refractivity contribution in [2.24, 2.45) is 0 Å². The molecule has 0 atom stereocenters. The van der Waals surface area contributed by atoms with Gasteiger partial charge in [-0.2, -0.15) is 0 Å². The lowest BCUT2D eigenvalue weighted by molar-refractivity contribution is 0.249. The Hall–Kier alpha value is -3.00. The van der Waals surface area contributed by atoms with Gasteiger partial charge in [-0.3, -0.25) is 9.88 Å². The van der Waals surface area contributed by atoms with Crippen LogP contribution in [0.5, 0.6) is 0 Å². The minimum atomic E-state index is -3.69. The molecule has 2 aromatic carbocycles. The Kier molecular flexibility index (Phi) is 8.34. The van der Waals surface area contributed by atoms with Crippen LogP contribution in [0.4, 0.5) is 0 Å². The van der Waals surface area contributed by atoms with Crippen molar-refractivity contribution >= 4 is 20.9 Å². The number of hydrogen-bond donors (Lipinski definition) is 1. The van der Waals surface area contributed by atoms with Gasteiger partial charge in [0, 0.05) is 49.7 Å². The lowest BCUT2D eigenvalue weighted by atomic mass is 9.95. The van der Waals surface area contributed by atoms with Crippen LogP contribution in [0.2, 0.25) is 0 Å². The Morgan fingerprint density at radius 1 is 0.892 bits per heavy atom. The number of rotatable bonds is 11. The summed E-state index contributed by atoms with van der Waals surface area (Å²) in [5, 5.41) is 4.73. The number of benzene rings is 2. The molecule has 1 fully saturated rings. The predicted octanol–water partition coefficient (Wildman–Crippen LogP) is 5.59. The highest BCUT2D eigenvalue weighted by Crippen LogP contribution is 2.27. The summed E-state index contributed by atoms with van der Waals surface area (Å²) in [5.74, 6) is 0. The van der Waals surface area contributed by atoms with Crippen molar-refractivity contribution in [2.45, 2.75) is 62.6 Å². The van der Waals surface area contributed by atoms with Crippen LogP contribution in [0.25, 0.3) is 10.9 Å². The van der Waals surface area contributed by atoms with Gasteiger partial charge < -0.3 is 5.32 Å². The van der Waals surface area contributed by atoms with Crippen LogP contribution < -0.4 is 5.32 Å². The van der Waals surface area contributed by atoms with Crippen molar-refractivity contribution in [1.29, 1.82) is 0 Å². The molecule has 6 nitrogen and oxygen atoms in total. The molecule has 0 aliphatic heterocycles. The van der Waals surface area contributed by atoms with Crippen LogP contribution >= 0.6 is 0 Å². The van der Waals surface area contributed by atoms with E-state index in [9.17, 15) is 8.42 Å². The molecule has 0 spiro atoms. The second-order valence-corrected chi connectivity index (χ2v) is 11.8. The zero-order chi connectivity index (χ0) is 25.5. The monoisotopic (exact) mass is 516 g/mol. The fourth-order valence-corrected chi connectivity index (χ4v) is 6.78. The number of aromatic nitrogens is 2. The Labute approximate surface area is 220 Å². The smallest absolute Gasteiger partial charge is 0.268 e. The van der Waals surface area contributed by atoms with Gasteiger partial charge in [0.15, 0.2) is 0 Å². The van der Waals surface area contributed by atoms with E-state index in [4.69, 9.17) is 0 Å². The van der Waals surface area contributed by atoms with E-state index in [1.54, 1.807) is 24.3 Å². The summed E-state index contributed by atoms with van der Waals surface area (Å²) in [4.78, 5) is 6.88. The van der Waals surface area contributed by atoms with Crippen molar-refractivity contribution in [3.63, 3.8) is 0 Å². The minimum Gasteiger partial charge on any atom is -0.314 e. The topological polar surface area (TPSA) is 67.2 Å². The van der Waals surface area contributed by atoms with Crippen LogP contribution in [0, 0.1) is 0 Å². The summed E-state index contributed by atoms with van der Waals surface area (Å²) >= 11 is 0. The van der Waals surface area contributed by atoms with Gasteiger partial charge in [-0.05, 0) is 67.3 Å². The van der Waals surface area contributed by atoms with Gasteiger partial charge >= 0.3 is 0 Å². The molecular formula is C30H36N4O2S. The van der Waals surface area contributed by atoms with E-state index in [-0.39, 0.29) is 0 Å². The van der Waals surface area contributed by atoms with E-state index in [2.05, 4.69) is 27.3 Å². The molecule has 0 amide bonds. The van der Waals surface area contributed by atoms with Crippen LogP contribution in [0.1, 0.15) is 49.7 Å². The first-order valence-electron chi connectivity index (χ1n) is 13.4. The molecule has 0 saturated heterocycles. The highest BCUT2D eigenvalue weighted by Gasteiger charge is 2.22. The van der Waals surface area contributed by atoms with E-state index in [1.807, 2.05) is 48.9 Å². The lowest BCUT2D eigenvalue weighted by Crippen LogP contribution is -2.33. The Balaban J connectivity index is 1.37. The first kappa shape index (κ1) is 25.6. The van der Waals surface area contributed by atoms with Gasteiger partial charge in [0.2, 0.25) is 0 Å². The predicted molar refractivity (Wildman–Crippen MR) is 149 cm³/mol. The molecular weight excluding hydrogens is 480 g/mol. The number of nitrogens with zero attached hydrogens (tertiary/aromatic N) is 3. The number of para-hydroxylation sites is 1. The maximum absolute atomic E-state index is 13.5. The molecule has 4 aromatic rings. The summed E-state index contributed by atoms with van der Waals surface area (Å²) in [7, 11) is -3.69. The number of hydrogen-bond acceptors (Lipinski definition) is 5. The maximum Gasteiger partial charge on any atom is 0.268 e. The van der Waals surface area contributed by atoms with Crippen molar-refractivity contribution < 1.29 is 8.42 Å². The van der Waals surface area contributed by atoms with E-state index in [0.29, 0.717) is 23.0 Å². The molecule has 7 heteroatoms. The third kappa shape index (κ3) is 6.29. The van der Waals surface area contributed by atoms with Gasteiger partial charge in [0.05, 0.1) is 10.4 Å². The molecule has 1 aliphatic carbocycles. The van der Waals surface area contributed by atoms with E-state index in [1.165, 1.54) is 41.6 Å². The third-order valence-electron chi connectivity index (χ3n) is 7.30. The Bertz CT molecular complexity index is 1380. The quantitative estimate of drug-likeness (QED) is 0.263. The van der Waals surface area contributed by atoms with Crippen molar-refractivity contribution in [3.8, 4) is 0 Å². The highest BCUT2D eigenvalue weighted by molar-refractivity contribution is 7.90. The zero-order valence-corrected chi connectivity index (χ0v) is 22.1. The molecule has 5 rings (SSSR count). The van der Waals surface area contributed by atoms with Crippen LogP contribution in [-0.4, -0.2) is 41.4 Å². The fourth-order valence-electron chi connectivity index (χ4n) is 5.37. The minimum absolute atomic E-state index is 0.296. The molecule has 0 bridgehead atoms. The van der Waals surface area contributed by atoms with E-state index >= 15 is 0 Å². The van der Waals surface area contributed by atoms with Gasteiger partial charge in [-0.1, -0.05) is 55.7 Å². The first-order chi connectivity index (χ1) is 18.1.